The molecule has 0 aliphatic rings. The molecule has 0 amide bonds. The summed E-state index contributed by atoms with van der Waals surface area (Å²) in [6.45, 7) is 0. The Morgan fingerprint density at radius 2 is 2.00 bits per heavy atom. The Bertz CT molecular complexity index is 650. The van der Waals surface area contributed by atoms with Crippen LogP contribution in [-0.2, 0) is 0 Å². The molecule has 0 saturated carbocycles. The van der Waals surface area contributed by atoms with Gasteiger partial charge in [0.25, 0.3) is 0 Å². The number of carboxylic acids is 1. The molecule has 3 N–H and O–H groups in total. The number of nitrogens with two attached hydrogens (primary N) is 1. The molecule has 0 bridgehead atoms. The van der Waals surface area contributed by atoms with Crippen molar-refractivity contribution in [2.24, 2.45) is 0 Å². The van der Waals surface area contributed by atoms with E-state index < -0.39 is 5.97 Å². The fourth-order valence-electron chi connectivity index (χ4n) is 1.35. The summed E-state index contributed by atoms with van der Waals surface area (Å²) >= 11 is 13.0. The predicted molar refractivity (Wildman–Crippen MR) is 76.2 cm³/mol. The molecule has 98 valence electrons. The number of halogens is 2. The van der Waals surface area contributed by atoms with Crippen molar-refractivity contribution >= 4 is 46.6 Å². The third-order valence-electron chi connectivity index (χ3n) is 2.25. The van der Waals surface area contributed by atoms with E-state index in [1.807, 2.05) is 0 Å². The Morgan fingerprint density at radius 3 is 2.63 bits per heavy atom. The zero-order valence-electron chi connectivity index (χ0n) is 9.43. The fourth-order valence-corrected chi connectivity index (χ4v) is 2.55. The first-order valence-corrected chi connectivity index (χ1v) is 6.66. The van der Waals surface area contributed by atoms with Crippen LogP contribution < -0.4 is 5.73 Å². The number of carboxylic acid groups (broad SMARTS) is 1. The maximum Gasteiger partial charge on any atom is 0.337 e. The van der Waals surface area contributed by atoms with E-state index in [1.165, 1.54) is 24.0 Å². The smallest absolute Gasteiger partial charge is 0.337 e. The normalized spacial score (nSPS) is 10.4. The molecule has 0 aliphatic heterocycles. The predicted octanol–water partition coefficient (Wildman–Crippen LogP) is 3.82. The quantitative estimate of drug-likeness (QED) is 0.900. The maximum atomic E-state index is 11.0. The van der Waals surface area contributed by atoms with Crippen LogP contribution in [0.2, 0.25) is 10.0 Å². The highest BCUT2D eigenvalue weighted by atomic mass is 35.5. The molecule has 0 unspecified atom stereocenters. The number of aromatic nitrogens is 1. The molecule has 0 atom stereocenters. The number of pyridine rings is 1. The Labute approximate surface area is 123 Å². The van der Waals surface area contributed by atoms with E-state index in [0.29, 0.717) is 15.1 Å². The maximum absolute atomic E-state index is 11.0. The average Bonchev–Trinajstić information content (AvgIpc) is 2.36. The van der Waals surface area contributed by atoms with Gasteiger partial charge in [-0.1, -0.05) is 35.0 Å². The summed E-state index contributed by atoms with van der Waals surface area (Å²) in [4.78, 5) is 15.8. The second kappa shape index (κ2) is 5.69. The molecule has 2 aromatic rings. The van der Waals surface area contributed by atoms with E-state index in [0.717, 1.165) is 4.90 Å². The first-order valence-electron chi connectivity index (χ1n) is 5.09. The molecule has 7 heteroatoms. The molecule has 0 fully saturated rings. The number of anilines is 1. The number of hydrogen-bond acceptors (Lipinski definition) is 4. The lowest BCUT2D eigenvalue weighted by molar-refractivity contribution is 0.0697. The van der Waals surface area contributed by atoms with Crippen LogP contribution in [0.1, 0.15) is 10.4 Å². The van der Waals surface area contributed by atoms with E-state index in [1.54, 1.807) is 18.2 Å². The molecule has 1 aromatic heterocycles. The summed E-state index contributed by atoms with van der Waals surface area (Å²) in [6.07, 6.45) is 1.32. The molecular formula is C12H8Cl2N2O2S. The number of nitrogen functional groups attached to an aromatic ring is 1. The Balaban J connectivity index is 2.30. The summed E-state index contributed by atoms with van der Waals surface area (Å²) in [5.74, 6) is -1.09. The van der Waals surface area contributed by atoms with Gasteiger partial charge in [0.15, 0.2) is 0 Å². The molecule has 2 rings (SSSR count). The van der Waals surface area contributed by atoms with Crippen molar-refractivity contribution in [1.29, 1.82) is 0 Å². The molecule has 1 heterocycles. The summed E-state index contributed by atoms with van der Waals surface area (Å²) in [6, 6.07) is 6.55. The highest BCUT2D eigenvalue weighted by molar-refractivity contribution is 7.99. The number of aromatic carboxylic acids is 1. The van der Waals surface area contributed by atoms with Crippen molar-refractivity contribution in [3.63, 3.8) is 0 Å². The van der Waals surface area contributed by atoms with Crippen LogP contribution in [0.5, 0.6) is 0 Å². The van der Waals surface area contributed by atoms with Gasteiger partial charge in [-0.05, 0) is 24.3 Å². The molecule has 4 nitrogen and oxygen atoms in total. The summed E-state index contributed by atoms with van der Waals surface area (Å²) in [5.41, 5.74) is 5.69. The van der Waals surface area contributed by atoms with Gasteiger partial charge in [0.05, 0.1) is 27.5 Å². The van der Waals surface area contributed by atoms with Crippen LogP contribution in [0, 0.1) is 0 Å². The minimum absolute atomic E-state index is 0.0255. The summed E-state index contributed by atoms with van der Waals surface area (Å²) in [7, 11) is 0. The van der Waals surface area contributed by atoms with Gasteiger partial charge in [0.1, 0.15) is 5.03 Å². The van der Waals surface area contributed by atoms with Crippen LogP contribution in [0.4, 0.5) is 5.69 Å². The SMILES string of the molecule is Nc1cnc(Sc2ccc(Cl)c(Cl)c2)cc1C(=O)O. The summed E-state index contributed by atoms with van der Waals surface area (Å²) < 4.78 is 0. The standard InChI is InChI=1S/C12H8Cl2N2O2S/c13-8-2-1-6(3-9(8)14)19-11-4-7(12(17)18)10(15)5-16-11/h1-5H,15H2,(H,17,18). The molecular weight excluding hydrogens is 307 g/mol. The molecule has 1 aromatic carbocycles. The van der Waals surface area contributed by atoms with Crippen molar-refractivity contribution in [2.45, 2.75) is 9.92 Å². The Morgan fingerprint density at radius 1 is 1.26 bits per heavy atom. The van der Waals surface area contributed by atoms with Crippen molar-refractivity contribution in [1.82, 2.24) is 4.98 Å². The Kier molecular flexibility index (Phi) is 4.19. The number of carbonyl (C=O) groups is 1. The van der Waals surface area contributed by atoms with Crippen LogP contribution >= 0.6 is 35.0 Å². The zero-order valence-corrected chi connectivity index (χ0v) is 11.8. The first kappa shape index (κ1) is 14.0. The van der Waals surface area contributed by atoms with Gasteiger partial charge in [-0.2, -0.15) is 0 Å². The topological polar surface area (TPSA) is 76.2 Å². The molecule has 0 saturated heterocycles. The monoisotopic (exact) mass is 314 g/mol. The lowest BCUT2D eigenvalue weighted by Gasteiger charge is -2.05. The van der Waals surface area contributed by atoms with Crippen LogP contribution in [0.25, 0.3) is 0 Å². The number of benzene rings is 1. The number of hydrogen-bond donors (Lipinski definition) is 2. The molecule has 19 heavy (non-hydrogen) atoms. The van der Waals surface area contributed by atoms with Gasteiger partial charge in [0.2, 0.25) is 0 Å². The lowest BCUT2D eigenvalue weighted by atomic mass is 10.2. The third-order valence-corrected chi connectivity index (χ3v) is 3.91. The second-order valence-electron chi connectivity index (χ2n) is 3.59. The third kappa shape index (κ3) is 3.32. The number of rotatable bonds is 3. The average molecular weight is 315 g/mol. The minimum atomic E-state index is -1.09. The minimum Gasteiger partial charge on any atom is -0.478 e. The van der Waals surface area contributed by atoms with E-state index in [2.05, 4.69) is 4.98 Å². The molecule has 0 aliphatic carbocycles. The first-order chi connectivity index (χ1) is 8.97. The van der Waals surface area contributed by atoms with E-state index in [9.17, 15) is 4.79 Å². The highest BCUT2D eigenvalue weighted by Crippen LogP contribution is 2.32. The number of nitrogens with zero attached hydrogens (tertiary/aromatic N) is 1. The van der Waals surface area contributed by atoms with Crippen LogP contribution in [0.3, 0.4) is 0 Å². The van der Waals surface area contributed by atoms with E-state index >= 15 is 0 Å². The largest absolute Gasteiger partial charge is 0.478 e. The molecule has 0 spiro atoms. The van der Waals surface area contributed by atoms with Gasteiger partial charge < -0.3 is 10.8 Å². The fraction of sp³-hybridized carbons (Fsp3) is 0. The van der Waals surface area contributed by atoms with Crippen LogP contribution in [-0.4, -0.2) is 16.1 Å². The lowest BCUT2D eigenvalue weighted by Crippen LogP contribution is -2.03. The van der Waals surface area contributed by atoms with E-state index in [-0.39, 0.29) is 11.3 Å². The van der Waals surface area contributed by atoms with Crippen molar-refractivity contribution < 1.29 is 9.90 Å². The van der Waals surface area contributed by atoms with E-state index in [4.69, 9.17) is 34.0 Å². The van der Waals surface area contributed by atoms with Crippen molar-refractivity contribution in [3.8, 4) is 0 Å². The second-order valence-corrected chi connectivity index (χ2v) is 5.50. The van der Waals surface area contributed by atoms with Crippen molar-refractivity contribution in [3.05, 3.63) is 46.1 Å². The van der Waals surface area contributed by atoms with Crippen molar-refractivity contribution in [2.75, 3.05) is 5.73 Å². The van der Waals surface area contributed by atoms with Crippen LogP contribution in [0.15, 0.2) is 40.4 Å². The van der Waals surface area contributed by atoms with Gasteiger partial charge in [-0.15, -0.1) is 0 Å². The highest BCUT2D eigenvalue weighted by Gasteiger charge is 2.11. The van der Waals surface area contributed by atoms with Gasteiger partial charge in [-0.3, -0.25) is 0 Å². The molecule has 0 radical (unpaired) electrons. The van der Waals surface area contributed by atoms with Gasteiger partial charge >= 0.3 is 5.97 Å². The zero-order chi connectivity index (χ0) is 14.0. The van der Waals surface area contributed by atoms with Gasteiger partial charge in [0, 0.05) is 4.90 Å². The Hall–Kier alpha value is -1.43. The van der Waals surface area contributed by atoms with Gasteiger partial charge in [-0.25, -0.2) is 9.78 Å². The summed E-state index contributed by atoms with van der Waals surface area (Å²) in [5, 5.41) is 10.4.